The summed E-state index contributed by atoms with van der Waals surface area (Å²) in [6.45, 7) is 2.03. The summed E-state index contributed by atoms with van der Waals surface area (Å²) in [5, 5.41) is 1.85. The lowest BCUT2D eigenvalue weighted by molar-refractivity contribution is 0.307. The molecule has 0 radical (unpaired) electrons. The van der Waals surface area contributed by atoms with Crippen LogP contribution in [0.1, 0.15) is 11.1 Å². The first-order chi connectivity index (χ1) is 13.5. The van der Waals surface area contributed by atoms with Gasteiger partial charge in [0.2, 0.25) is 0 Å². The van der Waals surface area contributed by atoms with Crippen LogP contribution in [0.15, 0.2) is 75.9 Å². The number of halogens is 2. The van der Waals surface area contributed by atoms with Crippen molar-refractivity contribution in [3.8, 4) is 16.9 Å². The van der Waals surface area contributed by atoms with Crippen LogP contribution in [0.25, 0.3) is 22.1 Å². The molecule has 0 aliphatic rings. The Morgan fingerprint density at radius 2 is 1.68 bits per heavy atom. The quantitative estimate of drug-likeness (QED) is 0.353. The molecular weight excluding hydrogens is 395 g/mol. The average Bonchev–Trinajstić information content (AvgIpc) is 2.69. The van der Waals surface area contributed by atoms with Crippen molar-refractivity contribution in [2.75, 3.05) is 0 Å². The first-order valence-corrected chi connectivity index (χ1v) is 9.47. The van der Waals surface area contributed by atoms with E-state index in [1.165, 1.54) is 6.07 Å². The zero-order valence-electron chi connectivity index (χ0n) is 15.0. The third-order valence-corrected chi connectivity index (χ3v) is 5.23. The predicted molar refractivity (Wildman–Crippen MR) is 113 cm³/mol. The maximum absolute atomic E-state index is 11.9. The number of hydrogen-bond donors (Lipinski definition) is 0. The number of fused-ring (bicyclic) bond motifs is 1. The zero-order valence-corrected chi connectivity index (χ0v) is 16.6. The van der Waals surface area contributed by atoms with Gasteiger partial charge < -0.3 is 9.15 Å². The number of hydrogen-bond acceptors (Lipinski definition) is 3. The molecule has 0 saturated carbocycles. The minimum absolute atomic E-state index is 0.173. The molecular formula is C23H16Cl2O3. The number of ether oxygens (including phenoxy) is 1. The molecule has 0 amide bonds. The van der Waals surface area contributed by atoms with E-state index < -0.39 is 5.63 Å². The van der Waals surface area contributed by atoms with Crippen LogP contribution in [0.2, 0.25) is 10.0 Å². The third-order valence-electron chi connectivity index (χ3n) is 4.53. The third kappa shape index (κ3) is 3.77. The minimum atomic E-state index is -0.432. The van der Waals surface area contributed by atoms with E-state index in [-0.39, 0.29) is 6.61 Å². The van der Waals surface area contributed by atoms with E-state index in [9.17, 15) is 4.79 Å². The Hall–Kier alpha value is -2.75. The SMILES string of the molecule is Cc1cc2oc(=O)cc(COc3ccc(-c4ccccc4)cc3Cl)c2cc1Cl. The standard InChI is InChI=1S/C23H16Cl2O3/c1-14-9-22-18(12-19(14)24)17(11-23(26)28-22)13-27-21-8-7-16(10-20(21)25)15-5-3-2-4-6-15/h2-12H,13H2,1H3. The molecule has 0 saturated heterocycles. The highest BCUT2D eigenvalue weighted by atomic mass is 35.5. The molecule has 0 aliphatic heterocycles. The van der Waals surface area contributed by atoms with Crippen LogP contribution in [0.3, 0.4) is 0 Å². The van der Waals surface area contributed by atoms with Crippen LogP contribution < -0.4 is 10.4 Å². The highest BCUT2D eigenvalue weighted by molar-refractivity contribution is 6.32. The summed E-state index contributed by atoms with van der Waals surface area (Å²) in [6.07, 6.45) is 0. The second-order valence-electron chi connectivity index (χ2n) is 6.49. The Labute approximate surface area is 172 Å². The van der Waals surface area contributed by atoms with Gasteiger partial charge in [-0.05, 0) is 47.9 Å². The van der Waals surface area contributed by atoms with Gasteiger partial charge in [-0.2, -0.15) is 0 Å². The Morgan fingerprint density at radius 1 is 0.893 bits per heavy atom. The molecule has 140 valence electrons. The largest absolute Gasteiger partial charge is 0.487 e. The van der Waals surface area contributed by atoms with Crippen molar-refractivity contribution in [2.45, 2.75) is 13.5 Å². The molecule has 0 bridgehead atoms. The molecule has 3 aromatic carbocycles. The van der Waals surface area contributed by atoms with Crippen molar-refractivity contribution >= 4 is 34.2 Å². The van der Waals surface area contributed by atoms with Crippen LogP contribution in [-0.2, 0) is 6.61 Å². The number of rotatable bonds is 4. The monoisotopic (exact) mass is 410 g/mol. The van der Waals surface area contributed by atoms with E-state index in [1.807, 2.05) is 55.5 Å². The van der Waals surface area contributed by atoms with Gasteiger partial charge in [0.05, 0.1) is 5.02 Å². The van der Waals surface area contributed by atoms with Crippen molar-refractivity contribution in [1.29, 1.82) is 0 Å². The summed E-state index contributed by atoms with van der Waals surface area (Å²) in [5.74, 6) is 0.543. The lowest BCUT2D eigenvalue weighted by Crippen LogP contribution is -2.04. The fraction of sp³-hybridized carbons (Fsp3) is 0.0870. The van der Waals surface area contributed by atoms with Gasteiger partial charge in [0.1, 0.15) is 17.9 Å². The smallest absolute Gasteiger partial charge is 0.336 e. The number of benzene rings is 3. The normalized spacial score (nSPS) is 11.0. The summed E-state index contributed by atoms with van der Waals surface area (Å²) in [6, 6.07) is 20.6. The Balaban J connectivity index is 1.63. The van der Waals surface area contributed by atoms with Crippen LogP contribution in [-0.4, -0.2) is 0 Å². The fourth-order valence-electron chi connectivity index (χ4n) is 3.05. The van der Waals surface area contributed by atoms with Crippen LogP contribution in [0.4, 0.5) is 0 Å². The molecule has 5 heteroatoms. The van der Waals surface area contributed by atoms with Crippen molar-refractivity contribution in [2.24, 2.45) is 0 Å². The molecule has 0 aliphatic carbocycles. The molecule has 4 aromatic rings. The molecule has 0 unspecified atom stereocenters. The van der Waals surface area contributed by atoms with Gasteiger partial charge in [0.15, 0.2) is 0 Å². The molecule has 1 aromatic heterocycles. The average molecular weight is 411 g/mol. The van der Waals surface area contributed by atoms with E-state index in [2.05, 4.69) is 0 Å². The molecule has 28 heavy (non-hydrogen) atoms. The maximum atomic E-state index is 11.9. The van der Waals surface area contributed by atoms with Gasteiger partial charge >= 0.3 is 5.63 Å². The number of aryl methyl sites for hydroxylation is 1. The lowest BCUT2D eigenvalue weighted by Gasteiger charge is -2.11. The van der Waals surface area contributed by atoms with E-state index in [0.717, 1.165) is 22.1 Å². The van der Waals surface area contributed by atoms with E-state index in [1.54, 1.807) is 12.1 Å². The summed E-state index contributed by atoms with van der Waals surface area (Å²) < 4.78 is 11.2. The molecule has 0 spiro atoms. The molecule has 1 heterocycles. The second-order valence-corrected chi connectivity index (χ2v) is 7.30. The van der Waals surface area contributed by atoms with Crippen LogP contribution in [0.5, 0.6) is 5.75 Å². The van der Waals surface area contributed by atoms with Crippen molar-refractivity contribution in [1.82, 2.24) is 0 Å². The van der Waals surface area contributed by atoms with Gasteiger partial charge in [0.25, 0.3) is 0 Å². The van der Waals surface area contributed by atoms with E-state index >= 15 is 0 Å². The zero-order chi connectivity index (χ0) is 19.7. The van der Waals surface area contributed by atoms with Crippen LogP contribution >= 0.6 is 23.2 Å². The van der Waals surface area contributed by atoms with E-state index in [0.29, 0.717) is 26.9 Å². The van der Waals surface area contributed by atoms with Crippen molar-refractivity contribution in [3.63, 3.8) is 0 Å². The first-order valence-electron chi connectivity index (χ1n) is 8.72. The predicted octanol–water partition coefficient (Wildman–Crippen LogP) is 6.65. The van der Waals surface area contributed by atoms with Gasteiger partial charge in [0, 0.05) is 22.0 Å². The molecule has 0 N–H and O–H groups in total. The summed E-state index contributed by atoms with van der Waals surface area (Å²) in [4.78, 5) is 11.9. The van der Waals surface area contributed by atoms with Gasteiger partial charge in [-0.15, -0.1) is 0 Å². The van der Waals surface area contributed by atoms with Crippen molar-refractivity contribution in [3.05, 3.63) is 98.3 Å². The van der Waals surface area contributed by atoms with Gasteiger partial charge in [-0.1, -0.05) is 59.6 Å². The fourth-order valence-corrected chi connectivity index (χ4v) is 3.45. The highest BCUT2D eigenvalue weighted by Gasteiger charge is 2.11. The Morgan fingerprint density at radius 3 is 2.43 bits per heavy atom. The summed E-state index contributed by atoms with van der Waals surface area (Å²) in [7, 11) is 0. The maximum Gasteiger partial charge on any atom is 0.336 e. The second kappa shape index (κ2) is 7.70. The molecule has 3 nitrogen and oxygen atoms in total. The van der Waals surface area contributed by atoms with E-state index in [4.69, 9.17) is 32.4 Å². The molecule has 4 rings (SSSR count). The van der Waals surface area contributed by atoms with Gasteiger partial charge in [-0.3, -0.25) is 0 Å². The topological polar surface area (TPSA) is 39.4 Å². The van der Waals surface area contributed by atoms with Crippen molar-refractivity contribution < 1.29 is 9.15 Å². The Kier molecular flexibility index (Phi) is 5.12. The first kappa shape index (κ1) is 18.6. The molecule has 0 fully saturated rings. The highest BCUT2D eigenvalue weighted by Crippen LogP contribution is 2.32. The lowest BCUT2D eigenvalue weighted by atomic mass is 10.1. The Bertz CT molecular complexity index is 1210. The minimum Gasteiger partial charge on any atom is -0.487 e. The summed E-state index contributed by atoms with van der Waals surface area (Å²) >= 11 is 12.7. The molecule has 0 atom stereocenters. The van der Waals surface area contributed by atoms with Crippen LogP contribution in [0, 0.1) is 6.92 Å². The van der Waals surface area contributed by atoms with Gasteiger partial charge in [-0.25, -0.2) is 4.79 Å². The summed E-state index contributed by atoms with van der Waals surface area (Å²) in [5.41, 5.74) is 3.67.